The van der Waals surface area contributed by atoms with Gasteiger partial charge in [0.2, 0.25) is 5.91 Å². The fourth-order valence-corrected chi connectivity index (χ4v) is 2.46. The molecule has 2 rings (SSSR count). The predicted molar refractivity (Wildman–Crippen MR) is 77.0 cm³/mol. The molecule has 1 fully saturated rings. The van der Waals surface area contributed by atoms with Crippen molar-refractivity contribution in [1.29, 1.82) is 0 Å². The van der Waals surface area contributed by atoms with Gasteiger partial charge in [-0.15, -0.1) is 0 Å². The summed E-state index contributed by atoms with van der Waals surface area (Å²) in [6.45, 7) is 4.69. The average molecular weight is 290 g/mol. The van der Waals surface area contributed by atoms with Gasteiger partial charge in [-0.05, 0) is 11.8 Å². The maximum atomic E-state index is 12.2. The summed E-state index contributed by atoms with van der Waals surface area (Å²) in [5, 5.41) is 10.7. The zero-order valence-corrected chi connectivity index (χ0v) is 12.1. The standard InChI is InChI=1S/C15H18N2O4/c1-10(2)12-7-15(19)16(8-12)9-14(18)11-4-3-5-13(6-11)17(20)21/h3-6,10,12H,7-9H2,1-2H3. The molecule has 0 radical (unpaired) electrons. The zero-order chi connectivity index (χ0) is 15.6. The van der Waals surface area contributed by atoms with Gasteiger partial charge in [0.05, 0.1) is 11.5 Å². The Hall–Kier alpha value is -2.24. The first-order chi connectivity index (χ1) is 9.88. The van der Waals surface area contributed by atoms with Crippen molar-refractivity contribution in [3.63, 3.8) is 0 Å². The number of hydrogen-bond donors (Lipinski definition) is 0. The fourth-order valence-electron chi connectivity index (χ4n) is 2.46. The van der Waals surface area contributed by atoms with E-state index < -0.39 is 4.92 Å². The Morgan fingerprint density at radius 3 is 2.76 bits per heavy atom. The smallest absolute Gasteiger partial charge is 0.270 e. The summed E-state index contributed by atoms with van der Waals surface area (Å²) in [7, 11) is 0. The lowest BCUT2D eigenvalue weighted by molar-refractivity contribution is -0.384. The highest BCUT2D eigenvalue weighted by molar-refractivity contribution is 6.00. The van der Waals surface area contributed by atoms with Crippen LogP contribution >= 0.6 is 0 Å². The number of ketones is 1. The van der Waals surface area contributed by atoms with Crippen molar-refractivity contribution in [1.82, 2.24) is 4.90 Å². The molecule has 0 N–H and O–H groups in total. The highest BCUT2D eigenvalue weighted by Crippen LogP contribution is 2.25. The lowest BCUT2D eigenvalue weighted by Crippen LogP contribution is -2.31. The molecule has 1 amide bonds. The quantitative estimate of drug-likeness (QED) is 0.473. The van der Waals surface area contributed by atoms with Crippen molar-refractivity contribution in [2.24, 2.45) is 11.8 Å². The summed E-state index contributed by atoms with van der Waals surface area (Å²) in [6, 6.07) is 5.61. The number of benzene rings is 1. The molecule has 0 saturated carbocycles. The van der Waals surface area contributed by atoms with E-state index in [-0.39, 0.29) is 35.4 Å². The van der Waals surface area contributed by atoms with Crippen molar-refractivity contribution >= 4 is 17.4 Å². The van der Waals surface area contributed by atoms with Crippen LogP contribution in [0.4, 0.5) is 5.69 Å². The Labute approximate surface area is 122 Å². The van der Waals surface area contributed by atoms with E-state index in [0.717, 1.165) is 0 Å². The SMILES string of the molecule is CC(C)C1CC(=O)N(CC(=O)c2cccc([N+](=O)[O-])c2)C1. The molecular weight excluding hydrogens is 272 g/mol. The molecular formula is C15H18N2O4. The number of rotatable bonds is 5. The van der Waals surface area contributed by atoms with E-state index in [0.29, 0.717) is 18.9 Å². The Morgan fingerprint density at radius 1 is 1.48 bits per heavy atom. The topological polar surface area (TPSA) is 80.5 Å². The number of non-ortho nitro benzene ring substituents is 1. The van der Waals surface area contributed by atoms with E-state index in [4.69, 9.17) is 0 Å². The zero-order valence-electron chi connectivity index (χ0n) is 12.1. The van der Waals surface area contributed by atoms with E-state index in [1.807, 2.05) is 0 Å². The molecule has 1 aromatic rings. The van der Waals surface area contributed by atoms with Gasteiger partial charge in [0.25, 0.3) is 5.69 Å². The van der Waals surface area contributed by atoms with Crippen LogP contribution in [0.3, 0.4) is 0 Å². The van der Waals surface area contributed by atoms with E-state index in [2.05, 4.69) is 13.8 Å². The molecule has 0 spiro atoms. The summed E-state index contributed by atoms with van der Waals surface area (Å²) in [5.74, 6) is 0.381. The van der Waals surface area contributed by atoms with Crippen molar-refractivity contribution in [2.75, 3.05) is 13.1 Å². The molecule has 1 atom stereocenters. The summed E-state index contributed by atoms with van der Waals surface area (Å²) in [6.07, 6.45) is 0.472. The van der Waals surface area contributed by atoms with Gasteiger partial charge in [-0.1, -0.05) is 26.0 Å². The monoisotopic (exact) mass is 290 g/mol. The normalized spacial score (nSPS) is 18.3. The van der Waals surface area contributed by atoms with Crippen LogP contribution in [0.25, 0.3) is 0 Å². The highest BCUT2D eigenvalue weighted by Gasteiger charge is 2.32. The number of likely N-dealkylation sites (tertiary alicyclic amines) is 1. The number of nitrogens with zero attached hydrogens (tertiary/aromatic N) is 2. The van der Waals surface area contributed by atoms with Crippen molar-refractivity contribution in [2.45, 2.75) is 20.3 Å². The summed E-state index contributed by atoms with van der Waals surface area (Å²) in [5.41, 5.74) is 0.152. The first kappa shape index (κ1) is 15.2. The van der Waals surface area contributed by atoms with E-state index in [1.165, 1.54) is 24.3 Å². The van der Waals surface area contributed by atoms with Gasteiger partial charge in [0.15, 0.2) is 5.78 Å². The molecule has 0 aromatic heterocycles. The Bertz CT molecular complexity index is 583. The average Bonchev–Trinajstić information content (AvgIpc) is 2.80. The van der Waals surface area contributed by atoms with Crippen molar-refractivity contribution in [3.05, 3.63) is 39.9 Å². The third-order valence-electron chi connectivity index (χ3n) is 3.90. The number of amides is 1. The molecule has 112 valence electrons. The van der Waals surface area contributed by atoms with Crippen LogP contribution in [-0.4, -0.2) is 34.6 Å². The minimum Gasteiger partial charge on any atom is -0.335 e. The molecule has 0 aliphatic carbocycles. The van der Waals surface area contributed by atoms with Gasteiger partial charge in [-0.25, -0.2) is 0 Å². The minimum atomic E-state index is -0.535. The summed E-state index contributed by atoms with van der Waals surface area (Å²) < 4.78 is 0. The van der Waals surface area contributed by atoms with Gasteiger partial charge in [-0.2, -0.15) is 0 Å². The van der Waals surface area contributed by atoms with E-state index >= 15 is 0 Å². The highest BCUT2D eigenvalue weighted by atomic mass is 16.6. The Balaban J connectivity index is 2.07. The lowest BCUT2D eigenvalue weighted by Gasteiger charge is -2.17. The van der Waals surface area contributed by atoms with Gasteiger partial charge in [-0.3, -0.25) is 19.7 Å². The van der Waals surface area contributed by atoms with Crippen LogP contribution in [0.15, 0.2) is 24.3 Å². The summed E-state index contributed by atoms with van der Waals surface area (Å²) >= 11 is 0. The third-order valence-corrected chi connectivity index (χ3v) is 3.90. The molecule has 1 unspecified atom stereocenters. The molecule has 1 aliphatic heterocycles. The van der Waals surface area contributed by atoms with Gasteiger partial charge in [0.1, 0.15) is 0 Å². The largest absolute Gasteiger partial charge is 0.335 e. The van der Waals surface area contributed by atoms with Crippen molar-refractivity contribution < 1.29 is 14.5 Å². The number of Topliss-reactive ketones (excluding diaryl/α,β-unsaturated/α-hetero) is 1. The second-order valence-corrected chi connectivity index (χ2v) is 5.71. The number of carbonyl (C=O) groups is 2. The van der Waals surface area contributed by atoms with Gasteiger partial charge >= 0.3 is 0 Å². The van der Waals surface area contributed by atoms with Crippen LogP contribution in [0.2, 0.25) is 0 Å². The third kappa shape index (κ3) is 3.45. The fraction of sp³-hybridized carbons (Fsp3) is 0.467. The van der Waals surface area contributed by atoms with E-state index in [1.54, 1.807) is 4.90 Å². The molecule has 6 heteroatoms. The van der Waals surface area contributed by atoms with Crippen LogP contribution in [-0.2, 0) is 4.79 Å². The van der Waals surface area contributed by atoms with Gasteiger partial charge in [0, 0.05) is 30.7 Å². The maximum Gasteiger partial charge on any atom is 0.270 e. The van der Waals surface area contributed by atoms with E-state index in [9.17, 15) is 19.7 Å². The number of nitro groups is 1. The van der Waals surface area contributed by atoms with Crippen LogP contribution in [0.1, 0.15) is 30.6 Å². The number of carbonyl (C=O) groups excluding carboxylic acids is 2. The second-order valence-electron chi connectivity index (χ2n) is 5.71. The molecule has 1 aliphatic rings. The molecule has 1 aromatic carbocycles. The van der Waals surface area contributed by atoms with Crippen LogP contribution in [0, 0.1) is 22.0 Å². The van der Waals surface area contributed by atoms with Crippen LogP contribution in [0.5, 0.6) is 0 Å². The maximum absolute atomic E-state index is 12.2. The number of hydrogen-bond acceptors (Lipinski definition) is 4. The van der Waals surface area contributed by atoms with Crippen molar-refractivity contribution in [3.8, 4) is 0 Å². The molecule has 0 bridgehead atoms. The first-order valence-electron chi connectivity index (χ1n) is 6.94. The molecule has 6 nitrogen and oxygen atoms in total. The minimum absolute atomic E-state index is 0.0107. The molecule has 1 saturated heterocycles. The first-order valence-corrected chi connectivity index (χ1v) is 6.94. The summed E-state index contributed by atoms with van der Waals surface area (Å²) in [4.78, 5) is 35.8. The molecule has 21 heavy (non-hydrogen) atoms. The van der Waals surface area contributed by atoms with Crippen LogP contribution < -0.4 is 0 Å². The molecule has 1 heterocycles. The predicted octanol–water partition coefficient (Wildman–Crippen LogP) is 2.28. The second kappa shape index (κ2) is 6.03. The van der Waals surface area contributed by atoms with Gasteiger partial charge < -0.3 is 4.90 Å². The lowest BCUT2D eigenvalue weighted by atomic mass is 9.95. The Kier molecular flexibility index (Phi) is 4.35. The number of nitro benzene ring substituents is 1. The Morgan fingerprint density at radius 2 is 2.19 bits per heavy atom.